The van der Waals surface area contributed by atoms with Gasteiger partial charge in [-0.15, -0.1) is 0 Å². The molecule has 37 heavy (non-hydrogen) atoms. The molecule has 0 aromatic carbocycles. The number of rotatable bonds is 10. The second kappa shape index (κ2) is 14.5. The van der Waals surface area contributed by atoms with Crippen LogP contribution in [0.3, 0.4) is 0 Å². The summed E-state index contributed by atoms with van der Waals surface area (Å²) in [6.07, 6.45) is -0.169. The molecule has 0 bridgehead atoms. The van der Waals surface area contributed by atoms with Crippen LogP contribution in [0.15, 0.2) is 0 Å². The highest BCUT2D eigenvalue weighted by atomic mass is 31.2. The highest BCUT2D eigenvalue weighted by molar-refractivity contribution is 7.54. The zero-order valence-corrected chi connectivity index (χ0v) is 23.8. The molecule has 0 aromatic heterocycles. The maximum atomic E-state index is 14.1. The predicted octanol–water partition coefficient (Wildman–Crippen LogP) is 0.941. The summed E-state index contributed by atoms with van der Waals surface area (Å²) >= 11 is 0. The van der Waals surface area contributed by atoms with Crippen LogP contribution < -0.4 is 5.32 Å². The van der Waals surface area contributed by atoms with Crippen LogP contribution in [-0.2, 0) is 28.0 Å². The maximum absolute atomic E-state index is 14.1. The number of carboxylic acid groups (broad SMARTS) is 3. The molecule has 1 saturated heterocycles. The lowest BCUT2D eigenvalue weighted by atomic mass is 10.2. The monoisotopic (exact) mass is 552 g/mol. The first-order valence-corrected chi connectivity index (χ1v) is 14.2. The Morgan fingerprint density at radius 2 is 1.24 bits per heavy atom. The minimum absolute atomic E-state index is 0.102. The molecule has 0 radical (unpaired) electrons. The first-order valence-electron chi connectivity index (χ1n) is 12.4. The Labute approximate surface area is 219 Å². The Balaban J connectivity index is 3.45. The van der Waals surface area contributed by atoms with E-state index in [9.17, 15) is 34.3 Å². The van der Waals surface area contributed by atoms with Crippen molar-refractivity contribution >= 4 is 25.5 Å². The molecule has 1 unspecified atom stereocenters. The minimum Gasteiger partial charge on any atom is -0.480 e. The van der Waals surface area contributed by atoms with Crippen molar-refractivity contribution in [1.82, 2.24) is 20.0 Å². The van der Waals surface area contributed by atoms with Crippen molar-refractivity contribution in [2.75, 3.05) is 71.6 Å². The molecule has 0 aromatic rings. The van der Waals surface area contributed by atoms with E-state index in [4.69, 9.17) is 9.05 Å². The normalized spacial score (nSPS) is 20.6. The molecule has 4 N–H and O–H groups in total. The summed E-state index contributed by atoms with van der Waals surface area (Å²) in [6.45, 7) is 11.8. The summed E-state index contributed by atoms with van der Waals surface area (Å²) < 4.78 is 26.0. The Morgan fingerprint density at radius 3 is 1.70 bits per heavy atom. The number of hydrogen-bond donors (Lipinski definition) is 4. The highest BCUT2D eigenvalue weighted by Crippen LogP contribution is 2.55. The summed E-state index contributed by atoms with van der Waals surface area (Å²) in [4.78, 5) is 39.7. The van der Waals surface area contributed by atoms with Crippen LogP contribution >= 0.6 is 7.60 Å². The van der Waals surface area contributed by atoms with Gasteiger partial charge in [0.05, 0.1) is 37.0 Å². The van der Waals surface area contributed by atoms with Crippen LogP contribution in [0.1, 0.15) is 41.5 Å². The molecule has 0 aliphatic carbocycles. The van der Waals surface area contributed by atoms with Gasteiger partial charge in [-0.05, 0) is 41.5 Å². The van der Waals surface area contributed by atoms with Crippen molar-refractivity contribution in [2.45, 2.75) is 58.8 Å². The topological polar surface area (TPSA) is 169 Å². The van der Waals surface area contributed by atoms with Gasteiger partial charge in [-0.25, -0.2) is 0 Å². The van der Waals surface area contributed by atoms with Gasteiger partial charge in [0.25, 0.3) is 0 Å². The molecule has 0 amide bonds. The number of aliphatic carboxylic acids is 3. The van der Waals surface area contributed by atoms with Gasteiger partial charge in [0.2, 0.25) is 0 Å². The molecular weight excluding hydrogens is 507 g/mol. The van der Waals surface area contributed by atoms with Crippen LogP contribution in [0.25, 0.3) is 0 Å². The van der Waals surface area contributed by atoms with Crippen LogP contribution in [0.5, 0.6) is 0 Å². The third kappa shape index (κ3) is 15.4. The third-order valence-electron chi connectivity index (χ3n) is 5.21. The molecule has 1 aliphatic heterocycles. The Morgan fingerprint density at radius 1 is 0.784 bits per heavy atom. The number of nitrogens with zero attached hydrogens (tertiary/aromatic N) is 3. The second-order valence-electron chi connectivity index (χ2n) is 11.3. The summed E-state index contributed by atoms with van der Waals surface area (Å²) in [5.41, 5.74) is -1.65. The van der Waals surface area contributed by atoms with Gasteiger partial charge in [-0.1, -0.05) is 0 Å². The molecule has 0 spiro atoms. The highest BCUT2D eigenvalue weighted by Gasteiger charge is 2.40. The SMILES string of the molecule is CC(C)(C)OP(=O)(CC1CN(CC(=O)O)CCNCCN(CC(=O)O)CCN1CC(=O)O)OC(C)(C)C. The van der Waals surface area contributed by atoms with Crippen molar-refractivity contribution < 1.29 is 43.3 Å². The van der Waals surface area contributed by atoms with Crippen LogP contribution in [0.2, 0.25) is 0 Å². The second-order valence-corrected chi connectivity index (χ2v) is 13.2. The lowest BCUT2D eigenvalue weighted by Crippen LogP contribution is -2.53. The van der Waals surface area contributed by atoms with Gasteiger partial charge >= 0.3 is 25.5 Å². The quantitative estimate of drug-likeness (QED) is 0.283. The smallest absolute Gasteiger partial charge is 0.333 e. The molecule has 1 rings (SSSR count). The minimum atomic E-state index is -3.82. The lowest BCUT2D eigenvalue weighted by molar-refractivity contribution is -0.141. The van der Waals surface area contributed by atoms with E-state index in [1.807, 2.05) is 0 Å². The molecule has 14 heteroatoms. The standard InChI is InChI=1S/C23H45N4O9P/c1-22(2,3)35-37(34,36-23(4,5)6)17-18-13-26(15-20(30)31)10-8-24-7-9-25(14-19(28)29)11-12-27(18)16-21(32)33/h18,24H,7-17H2,1-6H3,(H,28,29)(H,30,31)(H,32,33). The zero-order chi connectivity index (χ0) is 28.4. The van der Waals surface area contributed by atoms with E-state index >= 15 is 0 Å². The van der Waals surface area contributed by atoms with Gasteiger partial charge in [-0.2, -0.15) is 0 Å². The Hall–Kier alpha value is -1.60. The fourth-order valence-electron chi connectivity index (χ4n) is 4.09. The van der Waals surface area contributed by atoms with Gasteiger partial charge in [0, 0.05) is 51.9 Å². The van der Waals surface area contributed by atoms with E-state index in [0.717, 1.165) is 0 Å². The van der Waals surface area contributed by atoms with E-state index in [0.29, 0.717) is 26.2 Å². The summed E-state index contributed by atoms with van der Waals surface area (Å²) in [5, 5.41) is 31.6. The van der Waals surface area contributed by atoms with Crippen LogP contribution in [-0.4, -0.2) is 137 Å². The predicted molar refractivity (Wildman–Crippen MR) is 138 cm³/mol. The average Bonchev–Trinajstić information content (AvgIpc) is 2.64. The van der Waals surface area contributed by atoms with E-state index < -0.39 is 49.3 Å². The average molecular weight is 553 g/mol. The van der Waals surface area contributed by atoms with E-state index in [2.05, 4.69) is 5.32 Å². The van der Waals surface area contributed by atoms with Gasteiger partial charge in [0.1, 0.15) is 0 Å². The van der Waals surface area contributed by atoms with E-state index in [-0.39, 0.29) is 38.9 Å². The third-order valence-corrected chi connectivity index (χ3v) is 7.74. The molecule has 1 fully saturated rings. The van der Waals surface area contributed by atoms with Crippen molar-refractivity contribution in [2.24, 2.45) is 0 Å². The van der Waals surface area contributed by atoms with Crippen molar-refractivity contribution in [3.63, 3.8) is 0 Å². The number of carboxylic acids is 3. The van der Waals surface area contributed by atoms with Gasteiger partial charge in [0.15, 0.2) is 0 Å². The van der Waals surface area contributed by atoms with E-state index in [1.54, 1.807) is 56.2 Å². The number of hydrogen-bond acceptors (Lipinski definition) is 10. The van der Waals surface area contributed by atoms with Crippen molar-refractivity contribution in [3.05, 3.63) is 0 Å². The molecule has 13 nitrogen and oxygen atoms in total. The maximum Gasteiger partial charge on any atom is 0.333 e. The van der Waals surface area contributed by atoms with E-state index in [1.165, 1.54) is 0 Å². The summed E-state index contributed by atoms with van der Waals surface area (Å²) in [5.74, 6) is -3.15. The molecule has 1 aliphatic rings. The fourth-order valence-corrected chi connectivity index (χ4v) is 6.81. The first kappa shape index (κ1) is 33.4. The Bertz CT molecular complexity index is 793. The zero-order valence-electron chi connectivity index (χ0n) is 22.9. The molecule has 1 heterocycles. The van der Waals surface area contributed by atoms with Gasteiger partial charge in [-0.3, -0.25) is 33.6 Å². The molecule has 0 saturated carbocycles. The first-order chi connectivity index (χ1) is 16.9. The Kier molecular flexibility index (Phi) is 13.1. The molecule has 1 atom stereocenters. The lowest BCUT2D eigenvalue weighted by Gasteiger charge is -2.39. The van der Waals surface area contributed by atoms with Crippen LogP contribution in [0.4, 0.5) is 0 Å². The number of carbonyl (C=O) groups is 3. The van der Waals surface area contributed by atoms with Crippen molar-refractivity contribution in [3.8, 4) is 0 Å². The number of nitrogens with one attached hydrogen (secondary N) is 1. The summed E-state index contributed by atoms with van der Waals surface area (Å²) in [6, 6.07) is -0.711. The fraction of sp³-hybridized carbons (Fsp3) is 0.870. The van der Waals surface area contributed by atoms with Gasteiger partial charge < -0.3 is 29.7 Å². The molecule has 216 valence electrons. The summed E-state index contributed by atoms with van der Waals surface area (Å²) in [7, 11) is -3.82. The van der Waals surface area contributed by atoms with Crippen molar-refractivity contribution in [1.29, 1.82) is 0 Å². The molecular formula is C23H45N4O9P. The van der Waals surface area contributed by atoms with Crippen LogP contribution in [0, 0.1) is 0 Å². The largest absolute Gasteiger partial charge is 0.480 e.